The van der Waals surface area contributed by atoms with Gasteiger partial charge in [-0.05, 0) is 39.0 Å². The number of nitrogens with zero attached hydrogens (tertiary/aromatic N) is 2. The van der Waals surface area contributed by atoms with Crippen molar-refractivity contribution >= 4 is 11.8 Å². The molecule has 0 radical (unpaired) electrons. The van der Waals surface area contributed by atoms with Crippen molar-refractivity contribution in [3.63, 3.8) is 0 Å². The van der Waals surface area contributed by atoms with Crippen LogP contribution >= 0.6 is 11.8 Å². The van der Waals surface area contributed by atoms with E-state index in [0.29, 0.717) is 18.5 Å². The van der Waals surface area contributed by atoms with Crippen molar-refractivity contribution in [3.05, 3.63) is 0 Å². The van der Waals surface area contributed by atoms with Crippen molar-refractivity contribution in [2.75, 3.05) is 25.2 Å². The van der Waals surface area contributed by atoms with E-state index in [1.165, 1.54) is 12.2 Å². The van der Waals surface area contributed by atoms with Crippen LogP contribution in [0, 0.1) is 11.3 Å². The topological polar surface area (TPSA) is 36.3 Å². The first-order valence-electron chi connectivity index (χ1n) is 6.47. The molecule has 96 valence electrons. The molecule has 1 spiro atoms. The van der Waals surface area contributed by atoms with Crippen LogP contribution in [0.15, 0.2) is 0 Å². The summed E-state index contributed by atoms with van der Waals surface area (Å²) in [5.41, 5.74) is 0.147. The molecule has 0 amide bonds. The van der Waals surface area contributed by atoms with Crippen LogP contribution < -0.4 is 0 Å². The maximum atomic E-state index is 8.78. The average Bonchev–Trinajstić information content (AvgIpc) is 2.76. The van der Waals surface area contributed by atoms with Crippen molar-refractivity contribution in [3.8, 4) is 6.07 Å². The van der Waals surface area contributed by atoms with Crippen molar-refractivity contribution in [1.82, 2.24) is 4.90 Å². The zero-order valence-corrected chi connectivity index (χ0v) is 11.6. The molecule has 0 bridgehead atoms. The average molecular weight is 254 g/mol. The molecule has 17 heavy (non-hydrogen) atoms. The first-order valence-corrected chi connectivity index (χ1v) is 7.63. The molecule has 2 saturated heterocycles. The lowest BCUT2D eigenvalue weighted by Crippen LogP contribution is -2.50. The van der Waals surface area contributed by atoms with Crippen LogP contribution in [0.2, 0.25) is 0 Å². The van der Waals surface area contributed by atoms with Crippen molar-refractivity contribution in [2.24, 2.45) is 0 Å². The van der Waals surface area contributed by atoms with E-state index >= 15 is 0 Å². The predicted octanol–water partition coefficient (Wildman–Crippen LogP) is 2.28. The number of thioether (sulfide) groups is 1. The van der Waals surface area contributed by atoms with Gasteiger partial charge in [0.15, 0.2) is 0 Å². The monoisotopic (exact) mass is 254 g/mol. The Balaban J connectivity index is 1.95. The second-order valence-corrected chi connectivity index (χ2v) is 6.46. The summed E-state index contributed by atoms with van der Waals surface area (Å²) in [7, 11) is 2.16. The second-order valence-electron chi connectivity index (χ2n) is 5.36. The Morgan fingerprint density at radius 1 is 1.65 bits per heavy atom. The standard InChI is InChI=1S/C13H22N2OS/c1-11(3-6-14)15(2)12-4-7-16-13(9-12)5-8-17-10-13/h11-12H,3-5,7-10H2,1-2H3. The predicted molar refractivity (Wildman–Crippen MR) is 71.1 cm³/mol. The van der Waals surface area contributed by atoms with Crippen LogP contribution in [0.1, 0.15) is 32.6 Å². The highest BCUT2D eigenvalue weighted by atomic mass is 32.2. The fourth-order valence-electron chi connectivity index (χ4n) is 2.85. The first kappa shape index (κ1) is 13.2. The van der Waals surface area contributed by atoms with Crippen molar-refractivity contribution < 1.29 is 4.74 Å². The zero-order chi connectivity index (χ0) is 12.3. The Morgan fingerprint density at radius 3 is 3.12 bits per heavy atom. The molecule has 0 aliphatic carbocycles. The summed E-state index contributed by atoms with van der Waals surface area (Å²) in [6.07, 6.45) is 4.08. The molecule has 0 aromatic rings. The molecular formula is C13H22N2OS. The molecule has 2 aliphatic rings. The zero-order valence-electron chi connectivity index (χ0n) is 10.8. The van der Waals surface area contributed by atoms with Crippen LogP contribution in [0.3, 0.4) is 0 Å². The highest BCUT2D eigenvalue weighted by Crippen LogP contribution is 2.39. The number of nitriles is 1. The third-order valence-electron chi connectivity index (χ3n) is 4.19. The van der Waals surface area contributed by atoms with Crippen LogP contribution in [-0.2, 0) is 4.74 Å². The van der Waals surface area contributed by atoms with Crippen molar-refractivity contribution in [1.29, 1.82) is 5.26 Å². The Hall–Kier alpha value is -0.240. The number of hydrogen-bond donors (Lipinski definition) is 0. The van der Waals surface area contributed by atoms with Gasteiger partial charge in [0.1, 0.15) is 0 Å². The lowest BCUT2D eigenvalue weighted by Gasteiger charge is -2.43. The molecule has 2 rings (SSSR count). The minimum absolute atomic E-state index is 0.147. The minimum Gasteiger partial charge on any atom is -0.374 e. The van der Waals surface area contributed by atoms with Crippen molar-refractivity contribution in [2.45, 2.75) is 50.3 Å². The second kappa shape index (κ2) is 5.60. The molecule has 4 heteroatoms. The Labute approximate surface area is 108 Å². The molecule has 3 nitrogen and oxygen atoms in total. The molecule has 2 aliphatic heterocycles. The highest BCUT2D eigenvalue weighted by molar-refractivity contribution is 7.99. The third kappa shape index (κ3) is 2.96. The molecule has 0 saturated carbocycles. The van der Waals surface area contributed by atoms with E-state index < -0.39 is 0 Å². The summed E-state index contributed by atoms with van der Waals surface area (Å²) in [5, 5.41) is 8.78. The molecule has 2 fully saturated rings. The summed E-state index contributed by atoms with van der Waals surface area (Å²) >= 11 is 2.02. The summed E-state index contributed by atoms with van der Waals surface area (Å²) in [6.45, 7) is 3.03. The van der Waals surface area contributed by atoms with Gasteiger partial charge in [0.25, 0.3) is 0 Å². The van der Waals surface area contributed by atoms with Gasteiger partial charge < -0.3 is 4.74 Å². The molecule has 0 aromatic carbocycles. The number of ether oxygens (including phenoxy) is 1. The van der Waals surface area contributed by atoms with Gasteiger partial charge in [0.2, 0.25) is 0 Å². The molecule has 3 atom stereocenters. The Kier molecular flexibility index (Phi) is 4.35. The molecule has 0 aromatic heterocycles. The van der Waals surface area contributed by atoms with Gasteiger partial charge in [-0.15, -0.1) is 0 Å². The summed E-state index contributed by atoms with van der Waals surface area (Å²) in [6, 6.07) is 3.22. The first-order chi connectivity index (χ1) is 8.17. The van der Waals surface area contributed by atoms with E-state index in [1.807, 2.05) is 11.8 Å². The van der Waals surface area contributed by atoms with Crippen LogP contribution in [-0.4, -0.2) is 47.7 Å². The summed E-state index contributed by atoms with van der Waals surface area (Å²) in [5.74, 6) is 2.40. The number of rotatable bonds is 3. The van der Waals surface area contributed by atoms with E-state index in [1.54, 1.807) is 0 Å². The largest absolute Gasteiger partial charge is 0.374 e. The highest BCUT2D eigenvalue weighted by Gasteiger charge is 2.41. The lowest BCUT2D eigenvalue weighted by atomic mass is 9.88. The quantitative estimate of drug-likeness (QED) is 0.774. The lowest BCUT2D eigenvalue weighted by molar-refractivity contribution is -0.0902. The Morgan fingerprint density at radius 2 is 2.47 bits per heavy atom. The van der Waals surface area contributed by atoms with Gasteiger partial charge in [-0.3, -0.25) is 4.90 Å². The van der Waals surface area contributed by atoms with E-state index in [9.17, 15) is 0 Å². The van der Waals surface area contributed by atoms with Gasteiger partial charge in [0.05, 0.1) is 18.1 Å². The van der Waals surface area contributed by atoms with Gasteiger partial charge in [-0.2, -0.15) is 17.0 Å². The molecule has 3 unspecified atom stereocenters. The SMILES string of the molecule is CC(CC#N)N(C)C1CCOC2(CCSC2)C1. The van der Waals surface area contributed by atoms with E-state index in [4.69, 9.17) is 10.00 Å². The molecule has 0 N–H and O–H groups in total. The van der Waals surface area contributed by atoms with Crippen LogP contribution in [0.25, 0.3) is 0 Å². The Bertz CT molecular complexity index is 296. The maximum Gasteiger partial charge on any atom is 0.0795 e. The van der Waals surface area contributed by atoms with E-state index in [-0.39, 0.29) is 5.60 Å². The fourth-order valence-corrected chi connectivity index (χ4v) is 4.23. The molecule has 2 heterocycles. The fraction of sp³-hybridized carbons (Fsp3) is 0.923. The van der Waals surface area contributed by atoms with Gasteiger partial charge >= 0.3 is 0 Å². The van der Waals surface area contributed by atoms with E-state index in [0.717, 1.165) is 25.2 Å². The maximum absolute atomic E-state index is 8.78. The molecular weight excluding hydrogens is 232 g/mol. The van der Waals surface area contributed by atoms with Gasteiger partial charge in [0, 0.05) is 24.4 Å². The van der Waals surface area contributed by atoms with Gasteiger partial charge in [-0.1, -0.05) is 0 Å². The number of hydrogen-bond acceptors (Lipinski definition) is 4. The normalized spacial score (nSPS) is 35.1. The third-order valence-corrected chi connectivity index (χ3v) is 5.42. The summed E-state index contributed by atoms with van der Waals surface area (Å²) < 4.78 is 6.03. The van der Waals surface area contributed by atoms with E-state index in [2.05, 4.69) is 24.9 Å². The minimum atomic E-state index is 0.147. The van der Waals surface area contributed by atoms with Crippen LogP contribution in [0.4, 0.5) is 0 Å². The smallest absolute Gasteiger partial charge is 0.0795 e. The van der Waals surface area contributed by atoms with Crippen LogP contribution in [0.5, 0.6) is 0 Å². The van der Waals surface area contributed by atoms with Gasteiger partial charge in [-0.25, -0.2) is 0 Å². The summed E-state index contributed by atoms with van der Waals surface area (Å²) in [4.78, 5) is 2.39.